The van der Waals surface area contributed by atoms with Gasteiger partial charge in [0.25, 0.3) is 5.91 Å². The molecule has 0 unspecified atom stereocenters. The Bertz CT molecular complexity index is 446. The molecule has 0 aliphatic carbocycles. The summed E-state index contributed by atoms with van der Waals surface area (Å²) in [6.45, 7) is 2.83. The second-order valence-electron chi connectivity index (χ2n) is 3.80. The molecule has 6 N–H and O–H groups in total. The van der Waals surface area contributed by atoms with Crippen LogP contribution in [0.4, 0.5) is 11.4 Å². The van der Waals surface area contributed by atoms with E-state index in [2.05, 4.69) is 10.6 Å². The predicted octanol–water partition coefficient (Wildman–Crippen LogP) is 0.306. The average molecular weight is 250 g/mol. The molecule has 0 aromatic heterocycles. The van der Waals surface area contributed by atoms with Gasteiger partial charge in [-0.3, -0.25) is 9.59 Å². The summed E-state index contributed by atoms with van der Waals surface area (Å²) in [7, 11) is 0. The Hall–Kier alpha value is -2.24. The Morgan fingerprint density at radius 1 is 1.33 bits per heavy atom. The van der Waals surface area contributed by atoms with E-state index in [1.165, 1.54) is 0 Å². The van der Waals surface area contributed by atoms with E-state index >= 15 is 0 Å². The SMILES string of the molecule is CCNC(=O)c1ccc(NCCC(N)=O)c(N)c1. The van der Waals surface area contributed by atoms with Gasteiger partial charge in [-0.2, -0.15) is 0 Å². The maximum absolute atomic E-state index is 11.6. The lowest BCUT2D eigenvalue weighted by molar-refractivity contribution is -0.117. The lowest BCUT2D eigenvalue weighted by Crippen LogP contribution is -2.22. The van der Waals surface area contributed by atoms with Crippen LogP contribution in [0.2, 0.25) is 0 Å². The fraction of sp³-hybridized carbons (Fsp3) is 0.333. The zero-order chi connectivity index (χ0) is 13.5. The van der Waals surface area contributed by atoms with Gasteiger partial charge in [0.05, 0.1) is 11.4 Å². The molecule has 0 spiro atoms. The Balaban J connectivity index is 2.67. The standard InChI is InChI=1S/C12H18N4O2/c1-2-15-12(18)8-3-4-10(9(13)7-8)16-6-5-11(14)17/h3-4,7,16H,2,5-6,13H2,1H3,(H2,14,17)(H,15,18). The van der Waals surface area contributed by atoms with E-state index in [1.807, 2.05) is 6.92 Å². The largest absolute Gasteiger partial charge is 0.397 e. The number of amides is 2. The van der Waals surface area contributed by atoms with Crippen LogP contribution in [-0.2, 0) is 4.79 Å². The van der Waals surface area contributed by atoms with Crippen LogP contribution in [-0.4, -0.2) is 24.9 Å². The highest BCUT2D eigenvalue weighted by Crippen LogP contribution is 2.19. The molecule has 6 nitrogen and oxygen atoms in total. The molecule has 2 amide bonds. The molecule has 0 heterocycles. The van der Waals surface area contributed by atoms with Gasteiger partial charge >= 0.3 is 0 Å². The van der Waals surface area contributed by atoms with E-state index in [4.69, 9.17) is 11.5 Å². The molecule has 0 saturated carbocycles. The maximum Gasteiger partial charge on any atom is 0.251 e. The third-order valence-electron chi connectivity index (χ3n) is 2.34. The zero-order valence-corrected chi connectivity index (χ0v) is 10.3. The first-order valence-electron chi connectivity index (χ1n) is 5.74. The topological polar surface area (TPSA) is 110 Å². The number of nitrogens with one attached hydrogen (secondary N) is 2. The van der Waals surface area contributed by atoms with Crippen molar-refractivity contribution < 1.29 is 9.59 Å². The summed E-state index contributed by atoms with van der Waals surface area (Å²) in [5.74, 6) is -0.534. The van der Waals surface area contributed by atoms with E-state index in [-0.39, 0.29) is 18.2 Å². The minimum Gasteiger partial charge on any atom is -0.397 e. The van der Waals surface area contributed by atoms with Crippen LogP contribution >= 0.6 is 0 Å². The van der Waals surface area contributed by atoms with Gasteiger partial charge in [-0.25, -0.2) is 0 Å². The number of hydrogen-bond acceptors (Lipinski definition) is 4. The molecule has 1 aromatic carbocycles. The normalized spacial score (nSPS) is 9.83. The third kappa shape index (κ3) is 3.97. The molecule has 0 aliphatic rings. The molecule has 0 saturated heterocycles. The van der Waals surface area contributed by atoms with E-state index in [0.29, 0.717) is 30.0 Å². The van der Waals surface area contributed by atoms with Gasteiger partial charge in [0.1, 0.15) is 0 Å². The van der Waals surface area contributed by atoms with Crippen LogP contribution in [0, 0.1) is 0 Å². The molecule has 0 atom stereocenters. The quantitative estimate of drug-likeness (QED) is 0.544. The molecule has 98 valence electrons. The van der Waals surface area contributed by atoms with Gasteiger partial charge in [-0.15, -0.1) is 0 Å². The summed E-state index contributed by atoms with van der Waals surface area (Å²) in [6, 6.07) is 4.98. The van der Waals surface area contributed by atoms with Crippen molar-refractivity contribution in [2.75, 3.05) is 24.1 Å². The van der Waals surface area contributed by atoms with Crippen LogP contribution in [0.15, 0.2) is 18.2 Å². The molecule has 0 radical (unpaired) electrons. The molecule has 0 fully saturated rings. The van der Waals surface area contributed by atoms with Crippen LogP contribution in [0.5, 0.6) is 0 Å². The minimum absolute atomic E-state index is 0.159. The fourth-order valence-electron chi connectivity index (χ4n) is 1.45. The fourth-order valence-corrected chi connectivity index (χ4v) is 1.45. The van der Waals surface area contributed by atoms with Crippen molar-refractivity contribution in [1.29, 1.82) is 0 Å². The van der Waals surface area contributed by atoms with Crippen molar-refractivity contribution in [3.05, 3.63) is 23.8 Å². The highest BCUT2D eigenvalue weighted by Gasteiger charge is 2.07. The number of nitrogen functional groups attached to an aromatic ring is 1. The van der Waals surface area contributed by atoms with Gasteiger partial charge in [0, 0.05) is 25.1 Å². The van der Waals surface area contributed by atoms with E-state index in [9.17, 15) is 9.59 Å². The smallest absolute Gasteiger partial charge is 0.251 e. The summed E-state index contributed by atoms with van der Waals surface area (Å²) in [4.78, 5) is 22.2. The molecule has 0 bridgehead atoms. The van der Waals surface area contributed by atoms with Crippen LogP contribution < -0.4 is 22.1 Å². The van der Waals surface area contributed by atoms with Crippen molar-refractivity contribution in [3.63, 3.8) is 0 Å². The summed E-state index contributed by atoms with van der Waals surface area (Å²) in [5, 5.41) is 5.68. The number of benzene rings is 1. The molecular formula is C12H18N4O2. The summed E-state index contributed by atoms with van der Waals surface area (Å²) >= 11 is 0. The predicted molar refractivity (Wildman–Crippen MR) is 71.2 cm³/mol. The van der Waals surface area contributed by atoms with Crippen LogP contribution in [0.1, 0.15) is 23.7 Å². The van der Waals surface area contributed by atoms with Gasteiger partial charge in [-0.1, -0.05) is 0 Å². The first-order valence-corrected chi connectivity index (χ1v) is 5.74. The Morgan fingerprint density at radius 2 is 2.06 bits per heavy atom. The van der Waals surface area contributed by atoms with E-state index < -0.39 is 0 Å². The van der Waals surface area contributed by atoms with E-state index in [0.717, 1.165) is 0 Å². The first kappa shape index (κ1) is 13.8. The van der Waals surface area contributed by atoms with Crippen molar-refractivity contribution in [2.24, 2.45) is 5.73 Å². The molecule has 1 aromatic rings. The molecular weight excluding hydrogens is 232 g/mol. The van der Waals surface area contributed by atoms with Crippen molar-refractivity contribution in [1.82, 2.24) is 5.32 Å². The van der Waals surface area contributed by atoms with Crippen molar-refractivity contribution in [2.45, 2.75) is 13.3 Å². The van der Waals surface area contributed by atoms with E-state index in [1.54, 1.807) is 18.2 Å². The van der Waals surface area contributed by atoms with Gasteiger partial charge in [0.2, 0.25) is 5.91 Å². The number of anilines is 2. The van der Waals surface area contributed by atoms with Crippen LogP contribution in [0.25, 0.3) is 0 Å². The number of rotatable bonds is 6. The molecule has 1 rings (SSSR count). The monoisotopic (exact) mass is 250 g/mol. The van der Waals surface area contributed by atoms with Crippen molar-refractivity contribution in [3.8, 4) is 0 Å². The Kier molecular flexibility index (Phi) is 4.98. The van der Waals surface area contributed by atoms with Gasteiger partial charge in [0.15, 0.2) is 0 Å². The number of carbonyl (C=O) groups excluding carboxylic acids is 2. The molecule has 18 heavy (non-hydrogen) atoms. The number of nitrogens with two attached hydrogens (primary N) is 2. The van der Waals surface area contributed by atoms with Crippen LogP contribution in [0.3, 0.4) is 0 Å². The average Bonchev–Trinajstić information content (AvgIpc) is 2.31. The first-order chi connectivity index (χ1) is 8.54. The summed E-state index contributed by atoms with van der Waals surface area (Å²) in [5.41, 5.74) is 12.5. The zero-order valence-electron chi connectivity index (χ0n) is 10.3. The highest BCUT2D eigenvalue weighted by atomic mass is 16.1. The molecule has 0 aliphatic heterocycles. The maximum atomic E-state index is 11.6. The second-order valence-corrected chi connectivity index (χ2v) is 3.80. The second kappa shape index (κ2) is 6.48. The lowest BCUT2D eigenvalue weighted by atomic mass is 10.1. The Labute approximate surface area is 106 Å². The highest BCUT2D eigenvalue weighted by molar-refractivity contribution is 5.96. The number of carbonyl (C=O) groups is 2. The summed E-state index contributed by atoms with van der Waals surface area (Å²) < 4.78 is 0. The number of primary amides is 1. The summed E-state index contributed by atoms with van der Waals surface area (Å²) in [6.07, 6.45) is 0.234. The van der Waals surface area contributed by atoms with Gasteiger partial charge < -0.3 is 22.1 Å². The van der Waals surface area contributed by atoms with Gasteiger partial charge in [-0.05, 0) is 25.1 Å². The lowest BCUT2D eigenvalue weighted by Gasteiger charge is -2.10. The Morgan fingerprint density at radius 3 is 2.61 bits per heavy atom. The molecule has 6 heteroatoms. The minimum atomic E-state index is -0.375. The number of hydrogen-bond donors (Lipinski definition) is 4. The van der Waals surface area contributed by atoms with Crippen molar-refractivity contribution >= 4 is 23.2 Å². The third-order valence-corrected chi connectivity index (χ3v) is 2.34.